The average Bonchev–Trinajstić information content (AvgIpc) is 2.62. The van der Waals surface area contributed by atoms with Gasteiger partial charge in [0.2, 0.25) is 0 Å². The first-order valence-electron chi connectivity index (χ1n) is 5.04. The van der Waals surface area contributed by atoms with E-state index in [1.807, 2.05) is 0 Å². The third kappa shape index (κ3) is 1.38. The van der Waals surface area contributed by atoms with Crippen molar-refractivity contribution >= 4 is 11.9 Å². The normalized spacial score (nSPS) is 35.1. The number of carbonyl (C=O) groups excluding carboxylic acids is 1. The van der Waals surface area contributed by atoms with Gasteiger partial charge >= 0.3 is 11.9 Å². The van der Waals surface area contributed by atoms with Crippen LogP contribution in [-0.2, 0) is 14.3 Å². The first kappa shape index (κ1) is 9.49. The van der Waals surface area contributed by atoms with Crippen LogP contribution in [0.1, 0.15) is 19.8 Å². The van der Waals surface area contributed by atoms with Crippen LogP contribution in [0.2, 0.25) is 0 Å². The highest BCUT2D eigenvalue weighted by Crippen LogP contribution is 2.60. The molecule has 2 aliphatic carbocycles. The molecule has 78 valence electrons. The van der Waals surface area contributed by atoms with Crippen LogP contribution in [-0.4, -0.2) is 23.7 Å². The Labute approximate surface area is 82.2 Å². The van der Waals surface area contributed by atoms with Crippen molar-refractivity contribution in [3.05, 3.63) is 0 Å². The number of fused-ring (bicyclic) bond motifs is 1. The zero-order valence-corrected chi connectivity index (χ0v) is 8.10. The van der Waals surface area contributed by atoms with Gasteiger partial charge < -0.3 is 9.84 Å². The van der Waals surface area contributed by atoms with Gasteiger partial charge in [-0.2, -0.15) is 0 Å². The Morgan fingerprint density at radius 1 is 1.36 bits per heavy atom. The lowest BCUT2D eigenvalue weighted by molar-refractivity contribution is -0.147. The second-order valence-corrected chi connectivity index (χ2v) is 4.11. The van der Waals surface area contributed by atoms with Gasteiger partial charge in [0.05, 0.1) is 18.4 Å². The molecule has 0 aromatic heterocycles. The fraction of sp³-hybridized carbons (Fsp3) is 0.800. The number of esters is 1. The minimum atomic E-state index is -0.722. The maximum atomic E-state index is 11.3. The van der Waals surface area contributed by atoms with Crippen molar-refractivity contribution in [2.45, 2.75) is 19.8 Å². The van der Waals surface area contributed by atoms with E-state index < -0.39 is 5.97 Å². The molecule has 2 saturated carbocycles. The zero-order valence-electron chi connectivity index (χ0n) is 8.10. The maximum absolute atomic E-state index is 11.3. The molecule has 1 N–H and O–H groups in total. The summed E-state index contributed by atoms with van der Waals surface area (Å²) in [7, 11) is 0. The zero-order chi connectivity index (χ0) is 10.3. The number of ether oxygens (including phenoxy) is 1. The molecule has 0 unspecified atom stereocenters. The van der Waals surface area contributed by atoms with Crippen LogP contribution in [0.15, 0.2) is 0 Å². The summed E-state index contributed by atoms with van der Waals surface area (Å²) >= 11 is 0. The number of aliphatic carboxylic acids is 1. The van der Waals surface area contributed by atoms with Crippen LogP contribution < -0.4 is 0 Å². The fourth-order valence-electron chi connectivity index (χ4n) is 2.63. The van der Waals surface area contributed by atoms with Crippen molar-refractivity contribution in [1.82, 2.24) is 0 Å². The number of hydrogen-bond donors (Lipinski definition) is 1. The first-order chi connectivity index (χ1) is 6.65. The molecule has 4 nitrogen and oxygen atoms in total. The monoisotopic (exact) mass is 198 g/mol. The average molecular weight is 198 g/mol. The standard InChI is InChI=1S/C10H14O4/c1-2-14-10(13)8-6-3-5(9(11)12)4-7(6)8/h5-8H,2-4H2,1H3,(H,11,12)/t5?,6-,7-,8?/m1/s1. The second-order valence-electron chi connectivity index (χ2n) is 4.11. The summed E-state index contributed by atoms with van der Waals surface area (Å²) in [6, 6.07) is 0. The quantitative estimate of drug-likeness (QED) is 0.684. The van der Waals surface area contributed by atoms with Crippen LogP contribution >= 0.6 is 0 Å². The maximum Gasteiger partial charge on any atom is 0.309 e. The highest BCUT2D eigenvalue weighted by atomic mass is 16.5. The van der Waals surface area contributed by atoms with Crippen LogP contribution in [0.5, 0.6) is 0 Å². The van der Waals surface area contributed by atoms with Gasteiger partial charge in [-0.05, 0) is 31.6 Å². The van der Waals surface area contributed by atoms with Gasteiger partial charge in [0.1, 0.15) is 0 Å². The van der Waals surface area contributed by atoms with Gasteiger partial charge in [-0.1, -0.05) is 0 Å². The Morgan fingerprint density at radius 3 is 2.36 bits per heavy atom. The highest BCUT2D eigenvalue weighted by molar-refractivity contribution is 5.78. The summed E-state index contributed by atoms with van der Waals surface area (Å²) < 4.78 is 4.91. The van der Waals surface area contributed by atoms with Crippen molar-refractivity contribution in [1.29, 1.82) is 0 Å². The highest BCUT2D eigenvalue weighted by Gasteiger charge is 2.61. The predicted molar refractivity (Wildman–Crippen MR) is 47.5 cm³/mol. The lowest BCUT2D eigenvalue weighted by Crippen LogP contribution is -2.17. The minimum absolute atomic E-state index is 0.00514. The van der Waals surface area contributed by atoms with E-state index in [1.54, 1.807) is 6.92 Å². The van der Waals surface area contributed by atoms with E-state index in [4.69, 9.17) is 9.84 Å². The Kier molecular flexibility index (Phi) is 2.21. The number of carbonyl (C=O) groups is 2. The smallest absolute Gasteiger partial charge is 0.309 e. The Balaban J connectivity index is 1.85. The van der Waals surface area contributed by atoms with Crippen molar-refractivity contribution < 1.29 is 19.4 Å². The summed E-state index contributed by atoms with van der Waals surface area (Å²) in [5.41, 5.74) is 0. The number of carboxylic acids is 1. The molecule has 0 heterocycles. The van der Waals surface area contributed by atoms with E-state index in [2.05, 4.69) is 0 Å². The Morgan fingerprint density at radius 2 is 1.93 bits per heavy atom. The molecular weight excluding hydrogens is 184 g/mol. The lowest BCUT2D eigenvalue weighted by atomic mass is 10.0. The van der Waals surface area contributed by atoms with Gasteiger partial charge in [-0.15, -0.1) is 0 Å². The Hall–Kier alpha value is -1.06. The summed E-state index contributed by atoms with van der Waals surface area (Å²) in [5.74, 6) is -0.502. The largest absolute Gasteiger partial charge is 0.481 e. The predicted octanol–water partition coefficient (Wildman–Crippen LogP) is 0.906. The van der Waals surface area contributed by atoms with Crippen LogP contribution in [0, 0.1) is 23.7 Å². The molecule has 0 aliphatic heterocycles. The van der Waals surface area contributed by atoms with E-state index in [9.17, 15) is 9.59 Å². The third-order valence-corrected chi connectivity index (χ3v) is 3.35. The van der Waals surface area contributed by atoms with Gasteiger partial charge in [0, 0.05) is 0 Å². The van der Waals surface area contributed by atoms with E-state index in [0.29, 0.717) is 19.4 Å². The lowest BCUT2D eigenvalue weighted by Gasteiger charge is -2.08. The molecule has 2 atom stereocenters. The molecular formula is C10H14O4. The van der Waals surface area contributed by atoms with Crippen LogP contribution in [0.25, 0.3) is 0 Å². The third-order valence-electron chi connectivity index (χ3n) is 3.35. The summed E-state index contributed by atoms with van der Waals surface area (Å²) in [6.45, 7) is 2.20. The van der Waals surface area contributed by atoms with Crippen molar-refractivity contribution in [2.24, 2.45) is 23.7 Å². The van der Waals surface area contributed by atoms with Crippen LogP contribution in [0.3, 0.4) is 0 Å². The molecule has 0 aromatic carbocycles. The summed E-state index contributed by atoms with van der Waals surface area (Å²) in [5, 5.41) is 8.76. The summed E-state index contributed by atoms with van der Waals surface area (Å²) in [4.78, 5) is 22.0. The number of rotatable bonds is 3. The molecule has 0 bridgehead atoms. The van der Waals surface area contributed by atoms with Crippen molar-refractivity contribution in [3.63, 3.8) is 0 Å². The molecule has 2 aliphatic rings. The van der Waals surface area contributed by atoms with Gasteiger partial charge in [0.25, 0.3) is 0 Å². The molecule has 2 fully saturated rings. The molecule has 4 heteroatoms. The molecule has 0 radical (unpaired) electrons. The van der Waals surface area contributed by atoms with Gasteiger partial charge in [-0.3, -0.25) is 9.59 Å². The summed E-state index contributed by atoms with van der Waals surface area (Å²) in [6.07, 6.45) is 1.31. The first-order valence-corrected chi connectivity index (χ1v) is 5.04. The fourth-order valence-corrected chi connectivity index (χ4v) is 2.63. The van der Waals surface area contributed by atoms with E-state index in [1.165, 1.54) is 0 Å². The van der Waals surface area contributed by atoms with E-state index in [0.717, 1.165) is 0 Å². The van der Waals surface area contributed by atoms with Gasteiger partial charge in [-0.25, -0.2) is 0 Å². The number of carboxylic acid groups (broad SMARTS) is 1. The van der Waals surface area contributed by atoms with E-state index in [-0.39, 0.29) is 29.6 Å². The van der Waals surface area contributed by atoms with Crippen molar-refractivity contribution in [2.75, 3.05) is 6.61 Å². The van der Waals surface area contributed by atoms with E-state index >= 15 is 0 Å². The SMILES string of the molecule is CCOC(=O)C1[C@@H]2CC(C(=O)O)C[C@@H]12. The molecule has 14 heavy (non-hydrogen) atoms. The molecule has 0 saturated heterocycles. The topological polar surface area (TPSA) is 63.6 Å². The minimum Gasteiger partial charge on any atom is -0.481 e. The molecule has 0 spiro atoms. The van der Waals surface area contributed by atoms with Gasteiger partial charge in [0.15, 0.2) is 0 Å². The Bertz CT molecular complexity index is 261. The van der Waals surface area contributed by atoms with Crippen molar-refractivity contribution in [3.8, 4) is 0 Å². The molecule has 0 aromatic rings. The second kappa shape index (κ2) is 3.26. The van der Waals surface area contributed by atoms with Crippen LogP contribution in [0.4, 0.5) is 0 Å². The molecule has 0 amide bonds. The molecule has 2 rings (SSSR count). The number of hydrogen-bond acceptors (Lipinski definition) is 3.